The topological polar surface area (TPSA) is 77.9 Å². The third-order valence-electron chi connectivity index (χ3n) is 4.29. The minimum Gasteiger partial charge on any atom is -0.481 e. The van der Waals surface area contributed by atoms with Crippen LogP contribution in [0.3, 0.4) is 0 Å². The molecule has 1 N–H and O–H groups in total. The molecule has 2 aliphatic rings. The third kappa shape index (κ3) is 2.93. The van der Waals surface area contributed by atoms with Crippen LogP contribution in [0.2, 0.25) is 0 Å². The Morgan fingerprint density at radius 3 is 2.16 bits per heavy atom. The van der Waals surface area contributed by atoms with Crippen molar-refractivity contribution in [2.24, 2.45) is 17.8 Å². The number of piperidine rings is 1. The predicted molar refractivity (Wildman–Crippen MR) is 70.8 cm³/mol. The second-order valence-electron chi connectivity index (χ2n) is 5.83. The minimum atomic E-state index is -3.48. The summed E-state index contributed by atoms with van der Waals surface area (Å²) < 4.78 is 27.8. The van der Waals surface area contributed by atoms with Gasteiger partial charge in [-0.1, -0.05) is 13.8 Å². The van der Waals surface area contributed by atoms with Crippen molar-refractivity contribution in [2.45, 2.75) is 26.7 Å². The lowest BCUT2D eigenvalue weighted by Crippen LogP contribution is -2.46. The van der Waals surface area contributed by atoms with Crippen LogP contribution in [0.15, 0.2) is 0 Å². The number of hydrogen-bond acceptors (Lipinski definition) is 3. The Morgan fingerprint density at radius 2 is 1.68 bits per heavy atom. The number of rotatable bonds is 3. The smallest absolute Gasteiger partial charge is 0.308 e. The molecule has 0 amide bonds. The van der Waals surface area contributed by atoms with E-state index in [-0.39, 0.29) is 12.5 Å². The zero-order valence-electron chi connectivity index (χ0n) is 11.4. The number of nitrogens with zero attached hydrogens (tertiary/aromatic N) is 2. The first kappa shape index (κ1) is 14.7. The molecule has 0 saturated carbocycles. The van der Waals surface area contributed by atoms with E-state index in [1.165, 1.54) is 8.61 Å². The van der Waals surface area contributed by atoms with Crippen molar-refractivity contribution >= 4 is 16.2 Å². The summed E-state index contributed by atoms with van der Waals surface area (Å²) in [6, 6.07) is 0. The van der Waals surface area contributed by atoms with Crippen LogP contribution < -0.4 is 0 Å². The summed E-state index contributed by atoms with van der Waals surface area (Å²) in [5.41, 5.74) is 0. The fourth-order valence-electron chi connectivity index (χ4n) is 2.81. The molecule has 19 heavy (non-hydrogen) atoms. The van der Waals surface area contributed by atoms with Gasteiger partial charge in [0.2, 0.25) is 0 Å². The molecule has 6 nitrogen and oxygen atoms in total. The highest BCUT2D eigenvalue weighted by Gasteiger charge is 2.42. The van der Waals surface area contributed by atoms with E-state index in [0.717, 1.165) is 12.8 Å². The molecule has 2 heterocycles. The third-order valence-corrected chi connectivity index (χ3v) is 6.26. The fourth-order valence-corrected chi connectivity index (χ4v) is 4.58. The lowest BCUT2D eigenvalue weighted by molar-refractivity contribution is -0.142. The molecule has 2 fully saturated rings. The van der Waals surface area contributed by atoms with Crippen molar-refractivity contribution in [3.63, 3.8) is 0 Å². The highest BCUT2D eigenvalue weighted by Crippen LogP contribution is 2.28. The van der Waals surface area contributed by atoms with Gasteiger partial charge in [0.25, 0.3) is 10.2 Å². The molecular weight excluding hydrogens is 268 g/mol. The lowest BCUT2D eigenvalue weighted by Gasteiger charge is -2.32. The van der Waals surface area contributed by atoms with Crippen LogP contribution >= 0.6 is 0 Å². The van der Waals surface area contributed by atoms with Gasteiger partial charge in [0, 0.05) is 26.2 Å². The molecule has 2 saturated heterocycles. The van der Waals surface area contributed by atoms with Crippen molar-refractivity contribution in [1.82, 2.24) is 8.61 Å². The van der Waals surface area contributed by atoms with Gasteiger partial charge in [-0.2, -0.15) is 17.0 Å². The summed E-state index contributed by atoms with van der Waals surface area (Å²) in [7, 11) is -3.48. The SMILES string of the molecule is CC1CCN(S(=O)(=O)N2CC(C)C(C(=O)O)C2)CC1. The summed E-state index contributed by atoms with van der Waals surface area (Å²) in [4.78, 5) is 11.1. The van der Waals surface area contributed by atoms with Crippen molar-refractivity contribution in [1.29, 1.82) is 0 Å². The average molecular weight is 290 g/mol. The second kappa shape index (κ2) is 5.38. The summed E-state index contributed by atoms with van der Waals surface area (Å²) in [6.07, 6.45) is 1.76. The molecule has 2 atom stereocenters. The molecule has 2 unspecified atom stereocenters. The molecule has 0 bridgehead atoms. The van der Waals surface area contributed by atoms with Crippen LogP contribution in [-0.4, -0.2) is 54.3 Å². The van der Waals surface area contributed by atoms with Crippen molar-refractivity contribution in [3.8, 4) is 0 Å². The molecule has 0 aromatic rings. The van der Waals surface area contributed by atoms with Crippen LogP contribution in [0.25, 0.3) is 0 Å². The van der Waals surface area contributed by atoms with Gasteiger partial charge in [-0.15, -0.1) is 0 Å². The van der Waals surface area contributed by atoms with Crippen molar-refractivity contribution < 1.29 is 18.3 Å². The molecule has 0 aromatic carbocycles. The molecule has 2 aliphatic heterocycles. The molecule has 0 spiro atoms. The van der Waals surface area contributed by atoms with E-state index in [1.807, 2.05) is 0 Å². The lowest BCUT2D eigenvalue weighted by atomic mass is 9.99. The molecule has 0 radical (unpaired) electrons. The molecular formula is C12H22N2O4S. The first-order chi connectivity index (χ1) is 8.82. The maximum atomic E-state index is 12.5. The molecule has 2 rings (SSSR count). The summed E-state index contributed by atoms with van der Waals surface area (Å²) in [6.45, 7) is 5.43. The fraction of sp³-hybridized carbons (Fsp3) is 0.917. The van der Waals surface area contributed by atoms with Gasteiger partial charge in [0.15, 0.2) is 0 Å². The number of hydrogen-bond donors (Lipinski definition) is 1. The van der Waals surface area contributed by atoms with Gasteiger partial charge in [0.05, 0.1) is 5.92 Å². The highest BCUT2D eigenvalue weighted by atomic mass is 32.2. The molecule has 0 aromatic heterocycles. The van der Waals surface area contributed by atoms with Crippen LogP contribution in [0.5, 0.6) is 0 Å². The van der Waals surface area contributed by atoms with E-state index in [4.69, 9.17) is 5.11 Å². The zero-order valence-corrected chi connectivity index (χ0v) is 12.3. The Bertz CT molecular complexity index is 443. The largest absolute Gasteiger partial charge is 0.481 e. The standard InChI is InChI=1S/C12H22N2O4S/c1-9-3-5-13(6-4-9)19(17,18)14-7-10(2)11(8-14)12(15)16/h9-11H,3-8H2,1-2H3,(H,15,16). The number of carboxylic acid groups (broad SMARTS) is 1. The maximum Gasteiger partial charge on any atom is 0.308 e. The Labute approximate surface area is 114 Å². The van der Waals surface area contributed by atoms with Crippen LogP contribution in [-0.2, 0) is 15.0 Å². The quantitative estimate of drug-likeness (QED) is 0.826. The highest BCUT2D eigenvalue weighted by molar-refractivity contribution is 7.86. The summed E-state index contributed by atoms with van der Waals surface area (Å²) in [5, 5.41) is 9.08. The van der Waals surface area contributed by atoms with Gasteiger partial charge in [-0.3, -0.25) is 4.79 Å². The van der Waals surface area contributed by atoms with Crippen LogP contribution in [0, 0.1) is 17.8 Å². The van der Waals surface area contributed by atoms with Gasteiger partial charge < -0.3 is 5.11 Å². The summed E-state index contributed by atoms with van der Waals surface area (Å²) >= 11 is 0. The normalized spacial score (nSPS) is 31.7. The van der Waals surface area contributed by atoms with E-state index in [0.29, 0.717) is 25.6 Å². The van der Waals surface area contributed by atoms with E-state index >= 15 is 0 Å². The van der Waals surface area contributed by atoms with Gasteiger partial charge in [-0.05, 0) is 24.7 Å². The second-order valence-corrected chi connectivity index (χ2v) is 7.76. The first-order valence-corrected chi connectivity index (χ1v) is 8.20. The summed E-state index contributed by atoms with van der Waals surface area (Å²) in [5.74, 6) is -1.05. The van der Waals surface area contributed by atoms with Gasteiger partial charge >= 0.3 is 5.97 Å². The van der Waals surface area contributed by atoms with E-state index in [9.17, 15) is 13.2 Å². The maximum absolute atomic E-state index is 12.5. The average Bonchev–Trinajstić information content (AvgIpc) is 2.72. The van der Waals surface area contributed by atoms with Gasteiger partial charge in [-0.25, -0.2) is 0 Å². The Morgan fingerprint density at radius 1 is 1.11 bits per heavy atom. The van der Waals surface area contributed by atoms with Crippen LogP contribution in [0.1, 0.15) is 26.7 Å². The van der Waals surface area contributed by atoms with E-state index < -0.39 is 22.1 Å². The Balaban J connectivity index is 2.07. The van der Waals surface area contributed by atoms with E-state index in [1.54, 1.807) is 6.92 Å². The molecule has 110 valence electrons. The number of carbonyl (C=O) groups is 1. The Hall–Kier alpha value is -0.660. The first-order valence-electron chi connectivity index (χ1n) is 6.80. The minimum absolute atomic E-state index is 0.102. The number of aliphatic carboxylic acids is 1. The van der Waals surface area contributed by atoms with Crippen LogP contribution in [0.4, 0.5) is 0 Å². The Kier molecular flexibility index (Phi) is 4.17. The zero-order chi connectivity index (χ0) is 14.2. The number of carboxylic acids is 1. The van der Waals surface area contributed by atoms with Gasteiger partial charge in [0.1, 0.15) is 0 Å². The van der Waals surface area contributed by atoms with Crippen molar-refractivity contribution in [3.05, 3.63) is 0 Å². The predicted octanol–water partition coefficient (Wildman–Crippen LogP) is 0.616. The van der Waals surface area contributed by atoms with Crippen molar-refractivity contribution in [2.75, 3.05) is 26.2 Å². The monoisotopic (exact) mass is 290 g/mol. The van der Waals surface area contributed by atoms with E-state index in [2.05, 4.69) is 6.92 Å². The molecule has 7 heteroatoms. The molecule has 0 aliphatic carbocycles.